The molecule has 0 saturated heterocycles. The number of hydrogen-bond donors (Lipinski definition) is 1. The van der Waals surface area contributed by atoms with E-state index in [-0.39, 0.29) is 12.5 Å². The van der Waals surface area contributed by atoms with Crippen LogP contribution in [0.3, 0.4) is 0 Å². The van der Waals surface area contributed by atoms with Crippen LogP contribution in [0.15, 0.2) is 66.7 Å². The van der Waals surface area contributed by atoms with Gasteiger partial charge in [-0.2, -0.15) is 13.2 Å². The Morgan fingerprint density at radius 1 is 0.923 bits per heavy atom. The minimum absolute atomic E-state index is 0.0116. The largest absolute Gasteiger partial charge is 0.496 e. The maximum absolute atomic E-state index is 13.8. The van der Waals surface area contributed by atoms with Gasteiger partial charge in [-0.1, -0.05) is 49.4 Å². The smallest absolute Gasteiger partial charge is 0.416 e. The lowest BCUT2D eigenvalue weighted by molar-refractivity contribution is -0.140. The monoisotopic (exact) mass is 542 g/mol. The van der Waals surface area contributed by atoms with Gasteiger partial charge >= 0.3 is 18.2 Å². The Balaban J connectivity index is 2.06. The molecule has 0 aliphatic heterocycles. The van der Waals surface area contributed by atoms with E-state index >= 15 is 0 Å². The normalized spacial score (nSPS) is 12.0. The van der Waals surface area contributed by atoms with E-state index in [0.29, 0.717) is 47.5 Å². The quantitative estimate of drug-likeness (QED) is 0.287. The molecule has 0 aliphatic carbocycles. The van der Waals surface area contributed by atoms with Gasteiger partial charge in [0.05, 0.1) is 32.2 Å². The highest BCUT2D eigenvalue weighted by atomic mass is 19.4. The number of nitrogens with one attached hydrogen (secondary N) is 1. The predicted molar refractivity (Wildman–Crippen MR) is 143 cm³/mol. The first kappa shape index (κ1) is 29.5. The maximum atomic E-state index is 13.8. The number of carbonyl (C=O) groups excluding carboxylic acids is 2. The molecule has 3 aromatic rings. The molecule has 0 radical (unpaired) electrons. The van der Waals surface area contributed by atoms with Gasteiger partial charge in [0.15, 0.2) is 0 Å². The summed E-state index contributed by atoms with van der Waals surface area (Å²) >= 11 is 0. The minimum atomic E-state index is -4.57. The second kappa shape index (κ2) is 13.2. The average molecular weight is 543 g/mol. The van der Waals surface area contributed by atoms with Gasteiger partial charge in [-0.15, -0.1) is 0 Å². The van der Waals surface area contributed by atoms with Crippen LogP contribution in [0.2, 0.25) is 0 Å². The maximum Gasteiger partial charge on any atom is 0.416 e. The van der Waals surface area contributed by atoms with Crippen LogP contribution < -0.4 is 10.1 Å². The average Bonchev–Trinajstić information content (AvgIpc) is 2.94. The van der Waals surface area contributed by atoms with Crippen LogP contribution >= 0.6 is 0 Å². The van der Waals surface area contributed by atoms with Crippen molar-refractivity contribution in [3.8, 4) is 16.9 Å². The number of hydrogen-bond acceptors (Lipinski definition) is 4. The molecule has 39 heavy (non-hydrogen) atoms. The Morgan fingerprint density at radius 2 is 1.64 bits per heavy atom. The Hall–Kier alpha value is -4.01. The van der Waals surface area contributed by atoms with Crippen molar-refractivity contribution in [3.05, 3.63) is 89.0 Å². The summed E-state index contributed by atoms with van der Waals surface area (Å²) in [6, 6.07) is 16.9. The number of alkyl halides is 3. The molecule has 9 heteroatoms. The fourth-order valence-electron chi connectivity index (χ4n) is 4.36. The number of halogens is 3. The highest BCUT2D eigenvalue weighted by Gasteiger charge is 2.32. The van der Waals surface area contributed by atoms with E-state index < -0.39 is 23.8 Å². The van der Waals surface area contributed by atoms with E-state index in [0.717, 1.165) is 17.7 Å². The van der Waals surface area contributed by atoms with Crippen molar-refractivity contribution in [1.29, 1.82) is 0 Å². The second-order valence-electron chi connectivity index (χ2n) is 9.00. The van der Waals surface area contributed by atoms with Crippen LogP contribution in [-0.2, 0) is 28.7 Å². The van der Waals surface area contributed by atoms with E-state index in [1.54, 1.807) is 30.0 Å². The molecule has 0 aliphatic rings. The molecule has 0 bridgehead atoms. The third kappa shape index (κ3) is 7.52. The highest BCUT2D eigenvalue weighted by molar-refractivity contribution is 5.79. The summed E-state index contributed by atoms with van der Waals surface area (Å²) in [4.78, 5) is 26.8. The molecular weight excluding hydrogens is 509 g/mol. The summed E-state index contributed by atoms with van der Waals surface area (Å²) in [6.45, 7) is 4.42. The summed E-state index contributed by atoms with van der Waals surface area (Å²) in [5, 5.41) is 2.94. The van der Waals surface area contributed by atoms with Crippen molar-refractivity contribution >= 4 is 12.0 Å². The first-order chi connectivity index (χ1) is 18.6. The second-order valence-corrected chi connectivity index (χ2v) is 9.00. The van der Waals surface area contributed by atoms with Crippen molar-refractivity contribution in [2.24, 2.45) is 0 Å². The number of benzene rings is 3. The molecule has 0 spiro atoms. The number of nitrogens with zero attached hydrogens (tertiary/aromatic N) is 1. The fourth-order valence-corrected chi connectivity index (χ4v) is 4.36. The lowest BCUT2D eigenvalue weighted by Gasteiger charge is -2.27. The summed E-state index contributed by atoms with van der Waals surface area (Å²) in [6.07, 6.45) is -4.25. The van der Waals surface area contributed by atoms with Crippen LogP contribution in [0, 0.1) is 0 Å². The number of urea groups is 1. The molecule has 0 aromatic heterocycles. The number of esters is 1. The fraction of sp³-hybridized carbons (Fsp3) is 0.333. The molecule has 0 saturated carbocycles. The summed E-state index contributed by atoms with van der Waals surface area (Å²) in [5.41, 5.74) is 1.99. The third-order valence-electron chi connectivity index (χ3n) is 6.48. The van der Waals surface area contributed by atoms with Gasteiger partial charge in [0, 0.05) is 18.7 Å². The van der Waals surface area contributed by atoms with Crippen LogP contribution in [0.5, 0.6) is 5.75 Å². The standard InChI is InChI=1S/C30H33F3N2O4/c1-5-26(34-29(37)35(6-2)19-20-10-8-7-9-11-20)24-18-22(30(31,32)33)13-14-23(24)25-16-21(17-28(36)39-4)12-15-27(25)38-3/h7-16,18,26H,5-6,17,19H2,1-4H3,(H,34,37). The van der Waals surface area contributed by atoms with Crippen LogP contribution in [0.4, 0.5) is 18.0 Å². The molecule has 2 amide bonds. The molecular formula is C30H33F3N2O4. The van der Waals surface area contributed by atoms with E-state index in [9.17, 15) is 22.8 Å². The Kier molecular flexibility index (Phi) is 9.98. The molecule has 3 aromatic carbocycles. The van der Waals surface area contributed by atoms with E-state index in [4.69, 9.17) is 9.47 Å². The lowest BCUT2D eigenvalue weighted by Crippen LogP contribution is -2.41. The zero-order valence-corrected chi connectivity index (χ0v) is 22.5. The highest BCUT2D eigenvalue weighted by Crippen LogP contribution is 2.40. The van der Waals surface area contributed by atoms with Gasteiger partial charge in [-0.25, -0.2) is 4.79 Å². The molecule has 1 N–H and O–H groups in total. The predicted octanol–water partition coefficient (Wildman–Crippen LogP) is 6.78. The first-order valence-corrected chi connectivity index (χ1v) is 12.7. The zero-order valence-electron chi connectivity index (χ0n) is 22.5. The number of carbonyl (C=O) groups is 2. The minimum Gasteiger partial charge on any atom is -0.496 e. The van der Waals surface area contributed by atoms with Crippen LogP contribution in [-0.4, -0.2) is 37.7 Å². The Bertz CT molecular complexity index is 1280. The number of amides is 2. The summed E-state index contributed by atoms with van der Waals surface area (Å²) < 4.78 is 51.6. The number of rotatable bonds is 10. The topological polar surface area (TPSA) is 67.9 Å². The Labute approximate surface area is 226 Å². The lowest BCUT2D eigenvalue weighted by atomic mass is 9.90. The van der Waals surface area contributed by atoms with Gasteiger partial charge in [0.1, 0.15) is 5.75 Å². The molecule has 1 unspecified atom stereocenters. The van der Waals surface area contributed by atoms with Crippen molar-refractivity contribution in [1.82, 2.24) is 10.2 Å². The molecule has 0 heterocycles. The number of ether oxygens (including phenoxy) is 2. The van der Waals surface area contributed by atoms with Gasteiger partial charge in [0.2, 0.25) is 0 Å². The molecule has 208 valence electrons. The van der Waals surface area contributed by atoms with Gasteiger partial charge < -0.3 is 19.7 Å². The zero-order chi connectivity index (χ0) is 28.6. The molecule has 0 fully saturated rings. The van der Waals surface area contributed by atoms with Gasteiger partial charge in [0.25, 0.3) is 0 Å². The van der Waals surface area contributed by atoms with E-state index in [1.165, 1.54) is 20.3 Å². The Morgan fingerprint density at radius 3 is 2.23 bits per heavy atom. The SMILES string of the molecule is CCC(NC(=O)N(CC)Cc1ccccc1)c1cc(C(F)(F)F)ccc1-c1cc(CC(=O)OC)ccc1OC. The van der Waals surface area contributed by atoms with Gasteiger partial charge in [-0.05, 0) is 59.9 Å². The molecule has 1 atom stereocenters. The van der Waals surface area contributed by atoms with E-state index in [1.807, 2.05) is 37.3 Å². The van der Waals surface area contributed by atoms with Crippen LogP contribution in [0.1, 0.15) is 48.6 Å². The summed E-state index contributed by atoms with van der Waals surface area (Å²) in [5.74, 6) is -0.0272. The molecule has 6 nitrogen and oxygen atoms in total. The first-order valence-electron chi connectivity index (χ1n) is 12.7. The van der Waals surface area contributed by atoms with Crippen molar-refractivity contribution in [2.75, 3.05) is 20.8 Å². The number of methoxy groups -OCH3 is 2. The van der Waals surface area contributed by atoms with Crippen LogP contribution in [0.25, 0.3) is 11.1 Å². The summed E-state index contributed by atoms with van der Waals surface area (Å²) in [7, 11) is 2.75. The van der Waals surface area contributed by atoms with Gasteiger partial charge in [-0.3, -0.25) is 4.79 Å². The van der Waals surface area contributed by atoms with Crippen molar-refractivity contribution in [2.45, 2.75) is 45.5 Å². The van der Waals surface area contributed by atoms with E-state index in [2.05, 4.69) is 5.32 Å². The third-order valence-corrected chi connectivity index (χ3v) is 6.48. The molecule has 3 rings (SSSR count). The van der Waals surface area contributed by atoms with Crippen molar-refractivity contribution in [3.63, 3.8) is 0 Å². The van der Waals surface area contributed by atoms with Crippen molar-refractivity contribution < 1.29 is 32.2 Å².